The molecule has 1 unspecified atom stereocenters. The van der Waals surface area contributed by atoms with Gasteiger partial charge < -0.3 is 20.1 Å². The molecule has 7 heteroatoms. The highest BCUT2D eigenvalue weighted by atomic mass is 16.5. The van der Waals surface area contributed by atoms with Gasteiger partial charge in [-0.05, 0) is 44.4 Å². The van der Waals surface area contributed by atoms with Gasteiger partial charge in [0.25, 0.3) is 0 Å². The lowest BCUT2D eigenvalue weighted by molar-refractivity contribution is -0.149. The van der Waals surface area contributed by atoms with Gasteiger partial charge in [0.05, 0.1) is 25.2 Å². The molecule has 0 aromatic carbocycles. The number of esters is 1. The molecule has 1 aliphatic heterocycles. The second-order valence-electron chi connectivity index (χ2n) is 6.00. The normalized spacial score (nSPS) is 17.2. The van der Waals surface area contributed by atoms with E-state index in [-0.39, 0.29) is 18.4 Å². The Hall–Kier alpha value is -2.15. The third-order valence-electron chi connectivity index (χ3n) is 4.25. The Labute approximate surface area is 149 Å². The van der Waals surface area contributed by atoms with Gasteiger partial charge in [-0.2, -0.15) is 0 Å². The number of carbonyl (C=O) groups excluding carboxylic acids is 1. The lowest BCUT2D eigenvalue weighted by atomic mass is 9.97. The van der Waals surface area contributed by atoms with Crippen molar-refractivity contribution in [3.63, 3.8) is 0 Å². The fourth-order valence-electron chi connectivity index (χ4n) is 2.88. The molecule has 0 bridgehead atoms. The highest BCUT2D eigenvalue weighted by Crippen LogP contribution is 2.19. The first-order valence-corrected chi connectivity index (χ1v) is 8.93. The van der Waals surface area contributed by atoms with Crippen LogP contribution in [-0.2, 0) is 9.53 Å². The molecule has 1 aromatic rings. The van der Waals surface area contributed by atoms with Gasteiger partial charge in [-0.3, -0.25) is 14.8 Å². The van der Waals surface area contributed by atoms with Gasteiger partial charge in [0.1, 0.15) is 0 Å². The molecule has 25 heavy (non-hydrogen) atoms. The minimum atomic E-state index is -0.659. The Kier molecular flexibility index (Phi) is 7.66. The zero-order chi connectivity index (χ0) is 18.1. The number of carbonyl (C=O) groups is 1. The van der Waals surface area contributed by atoms with Crippen LogP contribution >= 0.6 is 0 Å². The van der Waals surface area contributed by atoms with E-state index in [1.165, 1.54) is 0 Å². The van der Waals surface area contributed by atoms with Crippen LogP contribution in [0.3, 0.4) is 0 Å². The Morgan fingerprint density at radius 1 is 1.40 bits per heavy atom. The number of ether oxygens (including phenoxy) is 1. The van der Waals surface area contributed by atoms with Gasteiger partial charge in [-0.1, -0.05) is 0 Å². The van der Waals surface area contributed by atoms with Crippen LogP contribution in [0.5, 0.6) is 0 Å². The van der Waals surface area contributed by atoms with Crippen molar-refractivity contribution in [3.05, 3.63) is 30.1 Å². The standard InChI is InChI=1S/C18H28N4O3/c1-3-20-18(21-13-16(23)14-5-9-19-10-6-14)22-11-7-15(8-12-22)17(24)25-4-2/h5-6,9-10,15-16,23H,3-4,7-8,11-13H2,1-2H3,(H,20,21). The molecule has 1 saturated heterocycles. The van der Waals surface area contributed by atoms with Crippen molar-refractivity contribution >= 4 is 11.9 Å². The number of pyridine rings is 1. The number of hydrogen-bond acceptors (Lipinski definition) is 5. The molecule has 2 N–H and O–H groups in total. The lowest BCUT2D eigenvalue weighted by Gasteiger charge is -2.33. The van der Waals surface area contributed by atoms with Crippen molar-refractivity contribution in [1.29, 1.82) is 0 Å². The van der Waals surface area contributed by atoms with Gasteiger partial charge in [0.15, 0.2) is 5.96 Å². The number of likely N-dealkylation sites (tertiary alicyclic amines) is 1. The van der Waals surface area contributed by atoms with Crippen LogP contribution in [0.25, 0.3) is 0 Å². The maximum absolute atomic E-state index is 11.8. The van der Waals surface area contributed by atoms with E-state index in [9.17, 15) is 9.90 Å². The molecule has 7 nitrogen and oxygen atoms in total. The van der Waals surface area contributed by atoms with Gasteiger partial charge in [-0.25, -0.2) is 0 Å². The van der Waals surface area contributed by atoms with Crippen LogP contribution in [0.15, 0.2) is 29.5 Å². The van der Waals surface area contributed by atoms with Gasteiger partial charge in [-0.15, -0.1) is 0 Å². The summed E-state index contributed by atoms with van der Waals surface area (Å²) in [5.41, 5.74) is 0.801. The van der Waals surface area contributed by atoms with Crippen LogP contribution in [0.2, 0.25) is 0 Å². The number of nitrogens with zero attached hydrogens (tertiary/aromatic N) is 3. The molecule has 1 aliphatic rings. The highest BCUT2D eigenvalue weighted by Gasteiger charge is 2.27. The first kappa shape index (κ1) is 19.2. The van der Waals surface area contributed by atoms with E-state index < -0.39 is 6.10 Å². The monoisotopic (exact) mass is 348 g/mol. The van der Waals surface area contributed by atoms with Crippen molar-refractivity contribution in [3.8, 4) is 0 Å². The topological polar surface area (TPSA) is 87.1 Å². The summed E-state index contributed by atoms with van der Waals surface area (Å²) in [7, 11) is 0. The van der Waals surface area contributed by atoms with Crippen molar-refractivity contribution in [2.24, 2.45) is 10.9 Å². The van der Waals surface area contributed by atoms with E-state index in [1.807, 2.05) is 13.8 Å². The van der Waals surface area contributed by atoms with Crippen LogP contribution in [0.4, 0.5) is 0 Å². The maximum Gasteiger partial charge on any atom is 0.309 e. The molecule has 1 atom stereocenters. The Morgan fingerprint density at radius 2 is 2.08 bits per heavy atom. The van der Waals surface area contributed by atoms with E-state index >= 15 is 0 Å². The summed E-state index contributed by atoms with van der Waals surface area (Å²) in [5.74, 6) is 0.650. The molecule has 1 aromatic heterocycles. The second kappa shape index (κ2) is 9.98. The van der Waals surface area contributed by atoms with Crippen molar-refractivity contribution in [2.75, 3.05) is 32.8 Å². The average molecular weight is 348 g/mol. The fraction of sp³-hybridized carbons (Fsp3) is 0.611. The number of hydrogen-bond donors (Lipinski definition) is 2. The molecule has 138 valence electrons. The summed E-state index contributed by atoms with van der Waals surface area (Å²) in [4.78, 5) is 22.5. The number of rotatable bonds is 6. The quantitative estimate of drug-likeness (QED) is 0.458. The highest BCUT2D eigenvalue weighted by molar-refractivity contribution is 5.80. The molecule has 2 rings (SSSR count). The zero-order valence-corrected chi connectivity index (χ0v) is 15.0. The molecule has 0 saturated carbocycles. The van der Waals surface area contributed by atoms with Gasteiger partial charge in [0.2, 0.25) is 0 Å². The minimum Gasteiger partial charge on any atom is -0.466 e. The molecule has 2 heterocycles. The van der Waals surface area contributed by atoms with Gasteiger partial charge in [0, 0.05) is 32.0 Å². The van der Waals surface area contributed by atoms with Crippen molar-refractivity contribution in [1.82, 2.24) is 15.2 Å². The first-order valence-electron chi connectivity index (χ1n) is 8.93. The maximum atomic E-state index is 11.8. The Balaban J connectivity index is 1.93. The number of piperidine rings is 1. The number of nitrogens with one attached hydrogen (secondary N) is 1. The van der Waals surface area contributed by atoms with Crippen LogP contribution < -0.4 is 5.32 Å². The number of aliphatic hydroxyl groups is 1. The van der Waals surface area contributed by atoms with E-state index in [0.717, 1.165) is 44.0 Å². The second-order valence-corrected chi connectivity index (χ2v) is 6.00. The molecule has 1 fully saturated rings. The zero-order valence-electron chi connectivity index (χ0n) is 15.0. The largest absolute Gasteiger partial charge is 0.466 e. The van der Waals surface area contributed by atoms with Crippen molar-refractivity contribution < 1.29 is 14.6 Å². The lowest BCUT2D eigenvalue weighted by Crippen LogP contribution is -2.47. The SMILES string of the molecule is CCNC(=NCC(O)c1ccncc1)N1CCC(C(=O)OCC)CC1. The number of aliphatic imine (C=N–C) groups is 1. The Bertz CT molecular complexity index is 557. The van der Waals surface area contributed by atoms with E-state index in [1.54, 1.807) is 24.5 Å². The molecular weight excluding hydrogens is 320 g/mol. The van der Waals surface area contributed by atoms with Crippen molar-refractivity contribution in [2.45, 2.75) is 32.8 Å². The molecule has 0 spiro atoms. The van der Waals surface area contributed by atoms with Crippen LogP contribution in [0.1, 0.15) is 38.4 Å². The molecular formula is C18H28N4O3. The first-order chi connectivity index (χ1) is 12.2. The molecule has 0 radical (unpaired) electrons. The number of aliphatic hydroxyl groups excluding tert-OH is 1. The van der Waals surface area contributed by atoms with Gasteiger partial charge >= 0.3 is 5.97 Å². The summed E-state index contributed by atoms with van der Waals surface area (Å²) >= 11 is 0. The Morgan fingerprint density at radius 3 is 2.68 bits per heavy atom. The molecule has 0 amide bonds. The van der Waals surface area contributed by atoms with E-state index in [0.29, 0.717) is 6.61 Å². The third kappa shape index (κ3) is 5.70. The predicted octanol–water partition coefficient (Wildman–Crippen LogP) is 1.36. The summed E-state index contributed by atoms with van der Waals surface area (Å²) < 4.78 is 5.11. The summed E-state index contributed by atoms with van der Waals surface area (Å²) in [6.07, 6.45) is 4.18. The van der Waals surface area contributed by atoms with Crippen LogP contribution in [0, 0.1) is 5.92 Å². The summed E-state index contributed by atoms with van der Waals surface area (Å²) in [6, 6.07) is 3.58. The average Bonchev–Trinajstić information content (AvgIpc) is 2.66. The third-order valence-corrected chi connectivity index (χ3v) is 4.25. The summed E-state index contributed by atoms with van der Waals surface area (Å²) in [5, 5.41) is 13.5. The number of guanidine groups is 1. The predicted molar refractivity (Wildman–Crippen MR) is 96.1 cm³/mol. The summed E-state index contributed by atoms with van der Waals surface area (Å²) in [6.45, 7) is 6.81. The van der Waals surface area contributed by atoms with Crippen LogP contribution in [-0.4, -0.2) is 59.7 Å². The smallest absolute Gasteiger partial charge is 0.309 e. The number of aromatic nitrogens is 1. The fourth-order valence-corrected chi connectivity index (χ4v) is 2.88. The van der Waals surface area contributed by atoms with E-state index in [2.05, 4.69) is 20.2 Å². The molecule has 0 aliphatic carbocycles. The minimum absolute atomic E-state index is 0.0264. The van der Waals surface area contributed by atoms with E-state index in [4.69, 9.17) is 4.74 Å².